The van der Waals surface area contributed by atoms with Gasteiger partial charge in [0.15, 0.2) is 0 Å². The van der Waals surface area contributed by atoms with Gasteiger partial charge in [-0.25, -0.2) is 9.18 Å². The molecule has 3 amide bonds. The number of urea groups is 1. The largest absolute Gasteiger partial charge is 0.325 e. The molecule has 7 heteroatoms. The van der Waals surface area contributed by atoms with Crippen LogP contribution in [0.1, 0.15) is 5.56 Å². The van der Waals surface area contributed by atoms with E-state index in [1.165, 1.54) is 18.2 Å². The third-order valence-corrected chi connectivity index (χ3v) is 3.36. The van der Waals surface area contributed by atoms with Crippen molar-refractivity contribution in [2.24, 2.45) is 0 Å². The molecule has 0 atom stereocenters. The topological polar surface area (TPSA) is 58.2 Å². The molecule has 0 aliphatic heterocycles. The minimum Gasteiger partial charge on any atom is -0.308 e. The predicted octanol–water partition coefficient (Wildman–Crippen LogP) is 4.02. The lowest BCUT2D eigenvalue weighted by Crippen LogP contribution is -2.35. The molecule has 4 nitrogen and oxygen atoms in total. The van der Waals surface area contributed by atoms with Gasteiger partial charge in [-0.3, -0.25) is 10.1 Å². The summed E-state index contributed by atoms with van der Waals surface area (Å²) in [5.41, 5.74) is 0.514. The SMILES string of the molecule is O=C(Cc1c(F)cccc1Cl)NC(=O)Nc1ccc(Cl)cc1. The lowest BCUT2D eigenvalue weighted by molar-refractivity contribution is -0.119. The van der Waals surface area contributed by atoms with E-state index in [1.54, 1.807) is 24.3 Å². The van der Waals surface area contributed by atoms with Crippen molar-refractivity contribution >= 4 is 40.8 Å². The number of carbonyl (C=O) groups excluding carboxylic acids is 2. The normalized spacial score (nSPS) is 10.1. The minimum absolute atomic E-state index is 0.0426. The smallest absolute Gasteiger partial charge is 0.308 e. The zero-order valence-corrected chi connectivity index (χ0v) is 12.7. The molecule has 0 aliphatic carbocycles. The number of rotatable bonds is 3. The van der Waals surface area contributed by atoms with Crippen LogP contribution < -0.4 is 10.6 Å². The fourth-order valence-corrected chi connectivity index (χ4v) is 2.08. The molecule has 0 unspecified atom stereocenters. The van der Waals surface area contributed by atoms with Gasteiger partial charge in [-0.15, -0.1) is 0 Å². The first-order chi connectivity index (χ1) is 10.5. The molecule has 0 aromatic heterocycles. The monoisotopic (exact) mass is 340 g/mol. The Morgan fingerprint density at radius 3 is 2.36 bits per heavy atom. The molecule has 22 heavy (non-hydrogen) atoms. The van der Waals surface area contributed by atoms with E-state index in [9.17, 15) is 14.0 Å². The molecule has 0 spiro atoms. The summed E-state index contributed by atoms with van der Waals surface area (Å²) < 4.78 is 13.6. The summed E-state index contributed by atoms with van der Waals surface area (Å²) in [5.74, 6) is -1.26. The number of amides is 3. The van der Waals surface area contributed by atoms with Gasteiger partial charge in [0, 0.05) is 21.3 Å². The van der Waals surface area contributed by atoms with Crippen LogP contribution in [0.5, 0.6) is 0 Å². The molecule has 0 saturated heterocycles. The molecule has 0 bridgehead atoms. The van der Waals surface area contributed by atoms with Crippen LogP contribution in [0.2, 0.25) is 10.0 Å². The van der Waals surface area contributed by atoms with Crippen molar-refractivity contribution in [2.75, 3.05) is 5.32 Å². The summed E-state index contributed by atoms with van der Waals surface area (Å²) in [7, 11) is 0. The maximum Gasteiger partial charge on any atom is 0.325 e. The molecule has 0 heterocycles. The third-order valence-electron chi connectivity index (χ3n) is 2.75. The highest BCUT2D eigenvalue weighted by atomic mass is 35.5. The number of carbonyl (C=O) groups is 2. The van der Waals surface area contributed by atoms with Crippen LogP contribution in [0.4, 0.5) is 14.9 Å². The van der Waals surface area contributed by atoms with Gasteiger partial charge in [0.05, 0.1) is 6.42 Å². The van der Waals surface area contributed by atoms with Gasteiger partial charge in [0.25, 0.3) is 0 Å². The first-order valence-corrected chi connectivity index (χ1v) is 7.00. The van der Waals surface area contributed by atoms with Crippen LogP contribution in [0.25, 0.3) is 0 Å². The maximum atomic E-state index is 13.6. The summed E-state index contributed by atoms with van der Waals surface area (Å²) in [6.07, 6.45) is -0.334. The summed E-state index contributed by atoms with van der Waals surface area (Å²) in [5, 5.41) is 5.21. The van der Waals surface area contributed by atoms with Crippen LogP contribution in [0.15, 0.2) is 42.5 Å². The molecule has 2 N–H and O–H groups in total. The number of anilines is 1. The van der Waals surface area contributed by atoms with Crippen LogP contribution >= 0.6 is 23.2 Å². The Balaban J connectivity index is 1.94. The summed E-state index contributed by atoms with van der Waals surface area (Å²) in [6, 6.07) is 9.74. The van der Waals surface area contributed by atoms with E-state index in [2.05, 4.69) is 10.6 Å². The zero-order chi connectivity index (χ0) is 16.1. The van der Waals surface area contributed by atoms with Crippen LogP contribution in [-0.4, -0.2) is 11.9 Å². The third kappa shape index (κ3) is 4.44. The summed E-state index contributed by atoms with van der Waals surface area (Å²) in [4.78, 5) is 23.4. The molecule has 0 radical (unpaired) electrons. The average Bonchev–Trinajstić information content (AvgIpc) is 2.45. The number of halogens is 3. The molecule has 2 rings (SSSR count). The van der Waals surface area contributed by atoms with Gasteiger partial charge >= 0.3 is 6.03 Å². The van der Waals surface area contributed by atoms with E-state index in [4.69, 9.17) is 23.2 Å². The molecule has 114 valence electrons. The Morgan fingerprint density at radius 1 is 1.05 bits per heavy atom. The average molecular weight is 341 g/mol. The van der Waals surface area contributed by atoms with E-state index in [0.717, 1.165) is 0 Å². The summed E-state index contributed by atoms with van der Waals surface area (Å²) in [6.45, 7) is 0. The van der Waals surface area contributed by atoms with Gasteiger partial charge in [0.2, 0.25) is 5.91 Å². The molecular formula is C15H11Cl2FN2O2. The lowest BCUT2D eigenvalue weighted by atomic mass is 10.1. The summed E-state index contributed by atoms with van der Waals surface area (Å²) >= 11 is 11.5. The molecule has 0 saturated carbocycles. The molecule has 0 fully saturated rings. The second-order valence-corrected chi connectivity index (χ2v) is 5.23. The van der Waals surface area contributed by atoms with Crippen molar-refractivity contribution in [1.82, 2.24) is 5.32 Å². The van der Waals surface area contributed by atoms with Crippen molar-refractivity contribution in [2.45, 2.75) is 6.42 Å². The van der Waals surface area contributed by atoms with E-state index in [-0.39, 0.29) is 17.0 Å². The number of hydrogen-bond donors (Lipinski definition) is 2. The number of benzene rings is 2. The quantitative estimate of drug-likeness (QED) is 0.886. The van der Waals surface area contributed by atoms with E-state index in [1.807, 2.05) is 0 Å². The van der Waals surface area contributed by atoms with Crippen LogP contribution in [0, 0.1) is 5.82 Å². The maximum absolute atomic E-state index is 13.6. The Kier molecular flexibility index (Phi) is 5.35. The Bertz CT molecular complexity index is 685. The fraction of sp³-hybridized carbons (Fsp3) is 0.0667. The molecule has 2 aromatic rings. The minimum atomic E-state index is -0.722. The van der Waals surface area contributed by atoms with Gasteiger partial charge in [-0.05, 0) is 36.4 Å². The van der Waals surface area contributed by atoms with E-state index in [0.29, 0.717) is 10.7 Å². The van der Waals surface area contributed by atoms with Crippen molar-refractivity contribution in [3.05, 3.63) is 63.9 Å². The van der Waals surface area contributed by atoms with Gasteiger partial charge < -0.3 is 5.32 Å². The van der Waals surface area contributed by atoms with Gasteiger partial charge in [-0.1, -0.05) is 29.3 Å². The Morgan fingerprint density at radius 2 is 1.73 bits per heavy atom. The number of imide groups is 1. The van der Waals surface area contributed by atoms with E-state index >= 15 is 0 Å². The predicted molar refractivity (Wildman–Crippen MR) is 83.7 cm³/mol. The highest BCUT2D eigenvalue weighted by Gasteiger charge is 2.14. The standard InChI is InChI=1S/C15H11Cl2FN2O2/c16-9-4-6-10(7-5-9)19-15(22)20-14(21)8-11-12(17)2-1-3-13(11)18/h1-7H,8H2,(H2,19,20,21,22). The van der Waals surface area contributed by atoms with Crippen molar-refractivity contribution in [3.8, 4) is 0 Å². The molecule has 0 aliphatic rings. The molecular weight excluding hydrogens is 330 g/mol. The van der Waals surface area contributed by atoms with Crippen molar-refractivity contribution < 1.29 is 14.0 Å². The highest BCUT2D eigenvalue weighted by molar-refractivity contribution is 6.31. The van der Waals surface area contributed by atoms with Crippen molar-refractivity contribution in [1.29, 1.82) is 0 Å². The first-order valence-electron chi connectivity index (χ1n) is 6.25. The molecule has 2 aromatic carbocycles. The Labute approximate surface area is 136 Å². The van der Waals surface area contributed by atoms with Crippen LogP contribution in [0.3, 0.4) is 0 Å². The second kappa shape index (κ2) is 7.24. The van der Waals surface area contributed by atoms with Gasteiger partial charge in [-0.2, -0.15) is 0 Å². The fourth-order valence-electron chi connectivity index (χ4n) is 1.73. The Hall–Kier alpha value is -2.11. The zero-order valence-electron chi connectivity index (χ0n) is 11.2. The highest BCUT2D eigenvalue weighted by Crippen LogP contribution is 2.19. The lowest BCUT2D eigenvalue weighted by Gasteiger charge is -2.08. The second-order valence-electron chi connectivity index (χ2n) is 4.39. The number of hydrogen-bond acceptors (Lipinski definition) is 2. The number of nitrogens with one attached hydrogen (secondary N) is 2. The first kappa shape index (κ1) is 16.3. The van der Waals surface area contributed by atoms with Gasteiger partial charge in [0.1, 0.15) is 5.82 Å². The van der Waals surface area contributed by atoms with E-state index < -0.39 is 17.8 Å². The van der Waals surface area contributed by atoms with Crippen molar-refractivity contribution in [3.63, 3.8) is 0 Å². The van der Waals surface area contributed by atoms with Crippen LogP contribution in [-0.2, 0) is 11.2 Å².